The van der Waals surface area contributed by atoms with Gasteiger partial charge in [-0.1, -0.05) is 6.92 Å². The van der Waals surface area contributed by atoms with Crippen LogP contribution in [0.2, 0.25) is 0 Å². The van der Waals surface area contributed by atoms with Gasteiger partial charge < -0.3 is 16.0 Å². The Kier molecular flexibility index (Phi) is 3.86. The molecule has 6 nitrogen and oxygen atoms in total. The van der Waals surface area contributed by atoms with Gasteiger partial charge in [-0.3, -0.25) is 9.89 Å². The van der Waals surface area contributed by atoms with Gasteiger partial charge in [-0.25, -0.2) is 0 Å². The second kappa shape index (κ2) is 5.39. The Morgan fingerprint density at radius 2 is 2.22 bits per heavy atom. The summed E-state index contributed by atoms with van der Waals surface area (Å²) in [6.45, 7) is 7.12. The zero-order chi connectivity index (χ0) is 13.1. The van der Waals surface area contributed by atoms with Crippen molar-refractivity contribution >= 4 is 11.6 Å². The van der Waals surface area contributed by atoms with E-state index >= 15 is 0 Å². The third-order valence-electron chi connectivity index (χ3n) is 3.58. The van der Waals surface area contributed by atoms with Crippen LogP contribution in [0.15, 0.2) is 0 Å². The van der Waals surface area contributed by atoms with Gasteiger partial charge in [-0.05, 0) is 26.3 Å². The summed E-state index contributed by atoms with van der Waals surface area (Å²) < 4.78 is 0. The molecule has 100 valence electrons. The summed E-state index contributed by atoms with van der Waals surface area (Å²) >= 11 is 0. The number of nitrogen functional groups attached to an aromatic ring is 1. The van der Waals surface area contributed by atoms with Crippen LogP contribution in [0, 0.1) is 6.92 Å². The van der Waals surface area contributed by atoms with Crippen LogP contribution in [0.1, 0.15) is 35.9 Å². The van der Waals surface area contributed by atoms with E-state index in [4.69, 9.17) is 5.73 Å². The van der Waals surface area contributed by atoms with Crippen molar-refractivity contribution in [2.75, 3.05) is 25.4 Å². The highest BCUT2D eigenvalue weighted by Gasteiger charge is 2.22. The van der Waals surface area contributed by atoms with E-state index in [1.807, 2.05) is 0 Å². The molecule has 2 heterocycles. The van der Waals surface area contributed by atoms with Crippen molar-refractivity contribution in [3.8, 4) is 0 Å². The third-order valence-corrected chi connectivity index (χ3v) is 3.58. The number of anilines is 1. The number of aryl methyl sites for hydroxylation is 1. The summed E-state index contributed by atoms with van der Waals surface area (Å²) in [6, 6.07) is 0.233. The van der Waals surface area contributed by atoms with Crippen molar-refractivity contribution in [3.05, 3.63) is 11.4 Å². The monoisotopic (exact) mass is 251 g/mol. The normalized spacial score (nSPS) is 17.9. The number of nitrogens with one attached hydrogen (secondary N) is 2. The Hall–Kier alpha value is -1.56. The van der Waals surface area contributed by atoms with Gasteiger partial charge in [-0.2, -0.15) is 5.10 Å². The highest BCUT2D eigenvalue weighted by Crippen LogP contribution is 2.14. The van der Waals surface area contributed by atoms with Gasteiger partial charge >= 0.3 is 0 Å². The van der Waals surface area contributed by atoms with E-state index in [-0.39, 0.29) is 11.9 Å². The molecule has 0 aliphatic carbocycles. The Bertz CT molecular complexity index is 420. The summed E-state index contributed by atoms with van der Waals surface area (Å²) in [4.78, 5) is 14.4. The lowest BCUT2D eigenvalue weighted by Crippen LogP contribution is -2.44. The number of carbonyl (C=O) groups is 1. The minimum atomic E-state index is -0.174. The molecule has 1 fully saturated rings. The van der Waals surface area contributed by atoms with Crippen LogP contribution in [0.25, 0.3) is 0 Å². The van der Waals surface area contributed by atoms with E-state index in [1.54, 1.807) is 6.92 Å². The molecular formula is C12H21N5O. The molecule has 1 aliphatic rings. The van der Waals surface area contributed by atoms with Gasteiger partial charge in [0.2, 0.25) is 0 Å². The van der Waals surface area contributed by atoms with Gasteiger partial charge in [0.15, 0.2) is 5.69 Å². The average molecular weight is 251 g/mol. The standard InChI is InChI=1S/C12H21N5O/c1-3-17-6-4-9(5-7-17)14-12(18)11-10(13)8(2)15-16-11/h9H,3-7,13H2,1-2H3,(H,14,18)(H,15,16). The van der Waals surface area contributed by atoms with Crippen LogP contribution in [0.5, 0.6) is 0 Å². The molecule has 1 saturated heterocycles. The van der Waals surface area contributed by atoms with Gasteiger partial charge in [-0.15, -0.1) is 0 Å². The van der Waals surface area contributed by atoms with E-state index in [2.05, 4.69) is 27.3 Å². The molecule has 0 spiro atoms. The lowest BCUT2D eigenvalue weighted by molar-refractivity contribution is 0.0908. The highest BCUT2D eigenvalue weighted by atomic mass is 16.2. The molecule has 0 unspecified atom stereocenters. The van der Waals surface area contributed by atoms with Gasteiger partial charge in [0, 0.05) is 19.1 Å². The zero-order valence-corrected chi connectivity index (χ0v) is 11.0. The average Bonchev–Trinajstić information content (AvgIpc) is 2.71. The molecule has 1 aliphatic heterocycles. The fourth-order valence-electron chi connectivity index (χ4n) is 2.26. The molecule has 0 bridgehead atoms. The summed E-state index contributed by atoms with van der Waals surface area (Å²) in [7, 11) is 0. The number of amides is 1. The molecular weight excluding hydrogens is 230 g/mol. The number of piperidine rings is 1. The van der Waals surface area contributed by atoms with Gasteiger partial charge in [0.25, 0.3) is 5.91 Å². The Morgan fingerprint density at radius 3 is 2.72 bits per heavy atom. The smallest absolute Gasteiger partial charge is 0.274 e. The predicted molar refractivity (Wildman–Crippen MR) is 70.3 cm³/mol. The fraction of sp³-hybridized carbons (Fsp3) is 0.667. The van der Waals surface area contributed by atoms with Crippen LogP contribution >= 0.6 is 0 Å². The molecule has 1 aromatic rings. The van der Waals surface area contributed by atoms with Crippen molar-refractivity contribution in [1.29, 1.82) is 0 Å². The summed E-state index contributed by atoms with van der Waals surface area (Å²) in [5.41, 5.74) is 7.28. The molecule has 2 rings (SSSR count). The van der Waals surface area contributed by atoms with Crippen molar-refractivity contribution in [2.45, 2.75) is 32.7 Å². The molecule has 0 aromatic carbocycles. The zero-order valence-electron chi connectivity index (χ0n) is 11.0. The number of aromatic nitrogens is 2. The van der Waals surface area contributed by atoms with E-state index in [1.165, 1.54) is 0 Å². The number of aromatic amines is 1. The maximum absolute atomic E-state index is 12.0. The molecule has 0 saturated carbocycles. The second-order valence-corrected chi connectivity index (χ2v) is 4.79. The molecule has 0 radical (unpaired) electrons. The number of hydrogen-bond acceptors (Lipinski definition) is 4. The maximum Gasteiger partial charge on any atom is 0.274 e. The first kappa shape index (κ1) is 12.9. The minimum Gasteiger partial charge on any atom is -0.395 e. The summed E-state index contributed by atoms with van der Waals surface area (Å²) in [6.07, 6.45) is 1.98. The van der Waals surface area contributed by atoms with Crippen LogP contribution in [-0.2, 0) is 0 Å². The van der Waals surface area contributed by atoms with Crippen molar-refractivity contribution in [1.82, 2.24) is 20.4 Å². The first-order chi connectivity index (χ1) is 8.61. The predicted octanol–water partition coefficient (Wildman–Crippen LogP) is 0.514. The summed E-state index contributed by atoms with van der Waals surface area (Å²) in [5, 5.41) is 9.67. The van der Waals surface area contributed by atoms with Crippen LogP contribution in [-0.4, -0.2) is 46.7 Å². The second-order valence-electron chi connectivity index (χ2n) is 4.79. The Morgan fingerprint density at radius 1 is 1.56 bits per heavy atom. The SMILES string of the molecule is CCN1CCC(NC(=O)c2n[nH]c(C)c2N)CC1. The van der Waals surface area contributed by atoms with Crippen LogP contribution in [0.3, 0.4) is 0 Å². The van der Waals surface area contributed by atoms with E-state index in [9.17, 15) is 4.79 Å². The Balaban J connectivity index is 1.91. The largest absolute Gasteiger partial charge is 0.395 e. The highest BCUT2D eigenvalue weighted by molar-refractivity contribution is 5.97. The van der Waals surface area contributed by atoms with Gasteiger partial charge in [0.05, 0.1) is 11.4 Å². The number of nitrogens with zero attached hydrogens (tertiary/aromatic N) is 2. The van der Waals surface area contributed by atoms with Crippen molar-refractivity contribution < 1.29 is 4.79 Å². The van der Waals surface area contributed by atoms with Crippen LogP contribution in [0.4, 0.5) is 5.69 Å². The number of rotatable bonds is 3. The fourth-order valence-corrected chi connectivity index (χ4v) is 2.26. The van der Waals surface area contributed by atoms with E-state index in [0.717, 1.165) is 38.2 Å². The van der Waals surface area contributed by atoms with E-state index < -0.39 is 0 Å². The van der Waals surface area contributed by atoms with Crippen molar-refractivity contribution in [2.24, 2.45) is 0 Å². The maximum atomic E-state index is 12.0. The summed E-state index contributed by atoms with van der Waals surface area (Å²) in [5.74, 6) is -0.174. The number of likely N-dealkylation sites (tertiary alicyclic amines) is 1. The van der Waals surface area contributed by atoms with Crippen LogP contribution < -0.4 is 11.1 Å². The lowest BCUT2D eigenvalue weighted by Gasteiger charge is -2.31. The molecule has 0 atom stereocenters. The molecule has 1 aromatic heterocycles. The number of H-pyrrole nitrogens is 1. The first-order valence-electron chi connectivity index (χ1n) is 6.45. The van der Waals surface area contributed by atoms with Gasteiger partial charge in [0.1, 0.15) is 0 Å². The topological polar surface area (TPSA) is 87.0 Å². The molecule has 18 heavy (non-hydrogen) atoms. The van der Waals surface area contributed by atoms with E-state index in [0.29, 0.717) is 11.4 Å². The quantitative estimate of drug-likeness (QED) is 0.730. The number of hydrogen-bond donors (Lipinski definition) is 3. The lowest BCUT2D eigenvalue weighted by atomic mass is 10.0. The number of carbonyl (C=O) groups excluding carboxylic acids is 1. The molecule has 4 N–H and O–H groups in total. The minimum absolute atomic E-state index is 0.174. The first-order valence-corrected chi connectivity index (χ1v) is 6.45. The molecule has 6 heteroatoms. The number of nitrogens with two attached hydrogens (primary N) is 1. The van der Waals surface area contributed by atoms with Crippen molar-refractivity contribution in [3.63, 3.8) is 0 Å². The third kappa shape index (κ3) is 2.64. The Labute approximate surface area is 107 Å². The molecule has 1 amide bonds.